The minimum Gasteiger partial charge on any atom is -0.258 e. The van der Waals surface area contributed by atoms with E-state index in [2.05, 4.69) is 0 Å². The highest BCUT2D eigenvalue weighted by atomic mass is 16.7. The minimum atomic E-state index is -1.00. The average Bonchev–Trinajstić information content (AvgIpc) is 2.16. The molecule has 0 atom stereocenters. The monoisotopic (exact) mass is 216 g/mol. The van der Waals surface area contributed by atoms with Crippen LogP contribution >= 0.6 is 0 Å². The van der Waals surface area contributed by atoms with Gasteiger partial charge in [0, 0.05) is 6.08 Å². The number of rotatable bonds is 3. The fourth-order valence-electron chi connectivity index (χ4n) is 0.970. The number of hydrogen-bond acceptors (Lipinski definition) is 6. The van der Waals surface area contributed by atoms with E-state index in [1.807, 2.05) is 0 Å². The van der Waals surface area contributed by atoms with Crippen LogP contribution in [0.2, 0.25) is 0 Å². The molecule has 0 N–H and O–H groups in total. The predicted molar refractivity (Wildman–Crippen MR) is 43.9 cm³/mol. The first-order valence-corrected chi connectivity index (χ1v) is 3.54. The molecule has 1 aliphatic rings. The lowest BCUT2D eigenvalue weighted by molar-refractivity contribution is -0.643. The van der Waals surface area contributed by atoms with Crippen LogP contribution in [-0.4, -0.2) is 26.4 Å². The van der Waals surface area contributed by atoms with Gasteiger partial charge in [0.2, 0.25) is 0 Å². The summed E-state index contributed by atoms with van der Waals surface area (Å²) in [7, 11) is 0. The van der Waals surface area contributed by atoms with Crippen LogP contribution in [0.1, 0.15) is 0 Å². The number of nitrogens with zero attached hydrogens (tertiary/aromatic N) is 4. The fourth-order valence-corrected chi connectivity index (χ4v) is 0.970. The molecule has 0 amide bonds. The molecule has 15 heavy (non-hydrogen) atoms. The number of hydrazine groups is 1. The van der Waals surface area contributed by atoms with Crippen LogP contribution in [0.3, 0.4) is 0 Å². The van der Waals surface area contributed by atoms with Crippen molar-refractivity contribution in [3.63, 3.8) is 0 Å². The van der Waals surface area contributed by atoms with Gasteiger partial charge >= 0.3 is 11.4 Å². The number of allylic oxidation sites excluding steroid dienone is 1. The largest absolute Gasteiger partial charge is 0.348 e. The number of hydrogen-bond donors (Lipinski definition) is 0. The van der Waals surface area contributed by atoms with Crippen molar-refractivity contribution >= 4 is 0 Å². The van der Waals surface area contributed by atoms with Gasteiger partial charge in [0.1, 0.15) is 0 Å². The summed E-state index contributed by atoms with van der Waals surface area (Å²) >= 11 is 0. The zero-order chi connectivity index (χ0) is 11.6. The van der Waals surface area contributed by atoms with Crippen LogP contribution in [0.15, 0.2) is 23.7 Å². The molecule has 0 fully saturated rings. The van der Waals surface area contributed by atoms with Crippen molar-refractivity contribution in [1.82, 2.24) is 5.01 Å². The van der Waals surface area contributed by atoms with Crippen molar-refractivity contribution in [2.45, 2.75) is 0 Å². The van der Waals surface area contributed by atoms with Crippen LogP contribution in [0.5, 0.6) is 0 Å². The Morgan fingerprint density at radius 3 is 2.13 bits per heavy atom. The molecule has 0 bridgehead atoms. The summed E-state index contributed by atoms with van der Waals surface area (Å²) < 4.78 is 0. The molecule has 1 heterocycles. The van der Waals surface area contributed by atoms with Gasteiger partial charge in [-0.25, -0.2) is 10.1 Å². The third kappa shape index (κ3) is 2.04. The van der Waals surface area contributed by atoms with Gasteiger partial charge in [-0.3, -0.25) is 20.2 Å². The van der Waals surface area contributed by atoms with Gasteiger partial charge in [0.05, 0.1) is 16.0 Å². The van der Waals surface area contributed by atoms with Crippen LogP contribution in [-0.2, 0) is 0 Å². The minimum absolute atomic E-state index is 0.394. The van der Waals surface area contributed by atoms with E-state index >= 15 is 0 Å². The third-order valence-electron chi connectivity index (χ3n) is 1.64. The van der Waals surface area contributed by atoms with Gasteiger partial charge in [-0.2, -0.15) is 0 Å². The van der Waals surface area contributed by atoms with E-state index < -0.39 is 32.8 Å². The molecule has 1 aliphatic heterocycles. The highest BCUT2D eigenvalue weighted by Gasteiger charge is 2.35. The molecule has 10 nitrogen and oxygen atoms in total. The van der Waals surface area contributed by atoms with Gasteiger partial charge < -0.3 is 0 Å². The van der Waals surface area contributed by atoms with E-state index in [1.165, 1.54) is 0 Å². The first-order chi connectivity index (χ1) is 6.93. The standard InChI is InChI=1S/C5H4N4O6/c10-7(11)4-1-2-6(9(14)15)3-5(4)8(12)13/h1-2H,3H2. The zero-order valence-corrected chi connectivity index (χ0v) is 7.10. The summed E-state index contributed by atoms with van der Waals surface area (Å²) in [4.78, 5) is 29.1. The van der Waals surface area contributed by atoms with Crippen molar-refractivity contribution in [2.24, 2.45) is 0 Å². The Balaban J connectivity index is 3.09. The van der Waals surface area contributed by atoms with Gasteiger partial charge in [0.15, 0.2) is 11.6 Å². The lowest BCUT2D eigenvalue weighted by Gasteiger charge is -2.10. The Hall–Kier alpha value is -2.52. The maximum atomic E-state index is 10.4. The Morgan fingerprint density at radius 1 is 1.13 bits per heavy atom. The van der Waals surface area contributed by atoms with Gasteiger partial charge in [-0.15, -0.1) is 0 Å². The van der Waals surface area contributed by atoms with E-state index in [9.17, 15) is 30.3 Å². The van der Waals surface area contributed by atoms with Crippen LogP contribution in [0.4, 0.5) is 0 Å². The molecule has 10 heteroatoms. The average molecular weight is 216 g/mol. The molecule has 80 valence electrons. The quantitative estimate of drug-likeness (QED) is 0.469. The highest BCUT2D eigenvalue weighted by molar-refractivity contribution is 5.19. The van der Waals surface area contributed by atoms with E-state index in [0.717, 1.165) is 12.3 Å². The molecule has 0 aromatic carbocycles. The second-order valence-electron chi connectivity index (χ2n) is 2.50. The highest BCUT2D eigenvalue weighted by Crippen LogP contribution is 2.15. The summed E-state index contributed by atoms with van der Waals surface area (Å²) in [5, 5.41) is 30.5. The normalized spacial score (nSPS) is 15.3. The first kappa shape index (κ1) is 10.6. The van der Waals surface area contributed by atoms with Crippen molar-refractivity contribution in [3.8, 4) is 0 Å². The van der Waals surface area contributed by atoms with Crippen molar-refractivity contribution in [2.75, 3.05) is 6.54 Å². The maximum absolute atomic E-state index is 10.4. The lowest BCUT2D eigenvalue weighted by atomic mass is 10.2. The van der Waals surface area contributed by atoms with Crippen LogP contribution in [0, 0.1) is 30.3 Å². The first-order valence-electron chi connectivity index (χ1n) is 3.54. The van der Waals surface area contributed by atoms with Crippen LogP contribution in [0.25, 0.3) is 0 Å². The van der Waals surface area contributed by atoms with E-state index in [1.54, 1.807) is 0 Å². The topological polar surface area (TPSA) is 133 Å². The molecule has 0 unspecified atom stereocenters. The molecular formula is C5H4N4O6. The second-order valence-corrected chi connectivity index (χ2v) is 2.50. The van der Waals surface area contributed by atoms with E-state index in [-0.39, 0.29) is 0 Å². The van der Waals surface area contributed by atoms with Gasteiger partial charge in [-0.1, -0.05) is 5.01 Å². The fraction of sp³-hybridized carbons (Fsp3) is 0.200. The van der Waals surface area contributed by atoms with Crippen LogP contribution < -0.4 is 0 Å². The molecule has 0 aliphatic carbocycles. The Morgan fingerprint density at radius 2 is 1.73 bits per heavy atom. The zero-order valence-electron chi connectivity index (χ0n) is 7.10. The molecular weight excluding hydrogens is 212 g/mol. The molecule has 0 aromatic rings. The molecule has 0 saturated heterocycles. The molecule has 1 rings (SSSR count). The lowest BCUT2D eigenvalue weighted by Crippen LogP contribution is -2.32. The van der Waals surface area contributed by atoms with Crippen molar-refractivity contribution < 1.29 is 14.9 Å². The van der Waals surface area contributed by atoms with Gasteiger partial charge in [-0.05, 0) is 0 Å². The summed E-state index contributed by atoms with van der Waals surface area (Å²) in [6.07, 6.45) is 1.54. The summed E-state index contributed by atoms with van der Waals surface area (Å²) in [5.41, 5.74) is -1.54. The molecule has 0 aromatic heterocycles. The van der Waals surface area contributed by atoms with Crippen molar-refractivity contribution in [3.05, 3.63) is 54.0 Å². The Bertz CT molecular complexity index is 398. The van der Waals surface area contributed by atoms with Gasteiger partial charge in [0.25, 0.3) is 0 Å². The number of nitro groups is 3. The Labute approximate surface area is 81.5 Å². The Kier molecular flexibility index (Phi) is 2.60. The summed E-state index contributed by atoms with van der Waals surface area (Å²) in [6, 6.07) is 0. The molecule has 0 saturated carbocycles. The smallest absolute Gasteiger partial charge is 0.258 e. The van der Waals surface area contributed by atoms with Crippen molar-refractivity contribution in [1.29, 1.82) is 0 Å². The molecule has 0 spiro atoms. The predicted octanol–water partition coefficient (Wildman–Crippen LogP) is -0.228. The molecule has 0 radical (unpaired) electrons. The van der Waals surface area contributed by atoms with E-state index in [4.69, 9.17) is 0 Å². The third-order valence-corrected chi connectivity index (χ3v) is 1.64. The van der Waals surface area contributed by atoms with E-state index in [0.29, 0.717) is 5.01 Å². The maximum Gasteiger partial charge on any atom is 0.348 e. The summed E-state index contributed by atoms with van der Waals surface area (Å²) in [5.74, 6) is 0. The second kappa shape index (κ2) is 3.69. The SMILES string of the molecule is O=[N+]([O-])C1=C([N+](=O)[O-])CN([N+](=O)[O-])C=C1. The summed E-state index contributed by atoms with van der Waals surface area (Å²) in [6.45, 7) is -0.729.